The zero-order chi connectivity index (χ0) is 14.5. The van der Waals surface area contributed by atoms with Gasteiger partial charge in [-0.3, -0.25) is 4.48 Å². The molecule has 1 aliphatic rings. The minimum Gasteiger partial charge on any atom is -0.399 e. The lowest BCUT2D eigenvalue weighted by Crippen LogP contribution is -2.57. The number of anilines is 1. The number of rotatable bonds is 4. The Labute approximate surface area is 126 Å². The number of quaternary nitrogens is 1. The van der Waals surface area contributed by atoms with Crippen LogP contribution in [0.5, 0.6) is 0 Å². The van der Waals surface area contributed by atoms with Crippen LogP contribution < -0.4 is 10.2 Å². The first-order valence-electron chi connectivity index (χ1n) is 7.62. The summed E-state index contributed by atoms with van der Waals surface area (Å²) in [7, 11) is 0. The van der Waals surface area contributed by atoms with Gasteiger partial charge in [0.1, 0.15) is 18.8 Å². The van der Waals surface area contributed by atoms with Crippen LogP contribution in [0.2, 0.25) is 0 Å². The van der Waals surface area contributed by atoms with Crippen LogP contribution >= 0.6 is 0 Å². The van der Waals surface area contributed by atoms with E-state index in [-0.39, 0.29) is 0 Å². The van der Waals surface area contributed by atoms with Gasteiger partial charge in [0.05, 0.1) is 19.8 Å². The largest absolute Gasteiger partial charge is 0.399 e. The molecule has 110 valence electrons. The van der Waals surface area contributed by atoms with E-state index >= 15 is 0 Å². The molecule has 0 aliphatic carbocycles. The van der Waals surface area contributed by atoms with Crippen molar-refractivity contribution in [1.29, 1.82) is 0 Å². The highest BCUT2D eigenvalue weighted by molar-refractivity contribution is 5.43. The van der Waals surface area contributed by atoms with Crippen molar-refractivity contribution in [1.82, 2.24) is 4.48 Å². The molecule has 2 aromatic carbocycles. The molecule has 0 spiro atoms. The lowest BCUT2D eigenvalue weighted by Gasteiger charge is -2.41. The number of nitrogens with zero attached hydrogens (tertiary/aromatic N) is 1. The molecule has 3 heteroatoms. The zero-order valence-electron chi connectivity index (χ0n) is 12.4. The van der Waals surface area contributed by atoms with Crippen LogP contribution in [0.25, 0.3) is 0 Å². The minimum absolute atomic E-state index is 0.831. The maximum absolute atomic E-state index is 5.76. The van der Waals surface area contributed by atoms with Gasteiger partial charge in [-0.2, -0.15) is 0 Å². The van der Waals surface area contributed by atoms with E-state index in [9.17, 15) is 0 Å². The monoisotopic (exact) mass is 283 g/mol. The van der Waals surface area contributed by atoms with E-state index in [0.717, 1.165) is 49.4 Å². The van der Waals surface area contributed by atoms with Crippen LogP contribution in [-0.4, -0.2) is 32.8 Å². The van der Waals surface area contributed by atoms with Crippen molar-refractivity contribution in [2.24, 2.45) is 0 Å². The van der Waals surface area contributed by atoms with Crippen molar-refractivity contribution in [3.05, 3.63) is 60.2 Å². The number of nitrogens with two attached hydrogens (primary N) is 1. The lowest BCUT2D eigenvalue weighted by atomic mass is 10.1. The molecule has 2 aromatic rings. The van der Waals surface area contributed by atoms with Crippen molar-refractivity contribution in [2.45, 2.75) is 6.42 Å². The van der Waals surface area contributed by atoms with Gasteiger partial charge in [-0.05, 0) is 29.8 Å². The molecule has 1 aliphatic heterocycles. The van der Waals surface area contributed by atoms with Gasteiger partial charge >= 0.3 is 0 Å². The smallest absolute Gasteiger partial charge is 0.132 e. The van der Waals surface area contributed by atoms with Gasteiger partial charge < -0.3 is 10.5 Å². The van der Waals surface area contributed by atoms with Crippen LogP contribution in [0.3, 0.4) is 0 Å². The summed E-state index contributed by atoms with van der Waals surface area (Å²) in [5, 5.41) is 0. The van der Waals surface area contributed by atoms with Crippen LogP contribution in [0.15, 0.2) is 54.6 Å². The fourth-order valence-corrected chi connectivity index (χ4v) is 3.07. The van der Waals surface area contributed by atoms with Gasteiger partial charge in [0, 0.05) is 12.1 Å². The Morgan fingerprint density at radius 3 is 2.24 bits per heavy atom. The van der Waals surface area contributed by atoms with Gasteiger partial charge in [0.2, 0.25) is 0 Å². The number of ether oxygens (including phenoxy) is 1. The van der Waals surface area contributed by atoms with Gasteiger partial charge in [0.25, 0.3) is 0 Å². The second kappa shape index (κ2) is 6.29. The maximum Gasteiger partial charge on any atom is 0.132 e. The number of nitrogen functional groups attached to an aromatic ring is 1. The first-order valence-corrected chi connectivity index (χ1v) is 7.62. The molecule has 1 heterocycles. The Hall–Kier alpha value is -1.84. The molecule has 2 N–H and O–H groups in total. The molecule has 0 bridgehead atoms. The topological polar surface area (TPSA) is 35.2 Å². The normalized spacial score (nSPS) is 17.5. The number of para-hydroxylation sites is 1. The van der Waals surface area contributed by atoms with Crippen molar-refractivity contribution < 1.29 is 4.74 Å². The van der Waals surface area contributed by atoms with Crippen molar-refractivity contribution in [2.75, 3.05) is 38.6 Å². The summed E-state index contributed by atoms with van der Waals surface area (Å²) in [5.41, 5.74) is 9.34. The highest BCUT2D eigenvalue weighted by Gasteiger charge is 2.32. The average Bonchev–Trinajstić information content (AvgIpc) is 2.56. The summed E-state index contributed by atoms with van der Waals surface area (Å²) in [5.74, 6) is 0. The van der Waals surface area contributed by atoms with E-state index in [1.807, 2.05) is 12.1 Å². The summed E-state index contributed by atoms with van der Waals surface area (Å²) in [6, 6.07) is 19.1. The van der Waals surface area contributed by atoms with Gasteiger partial charge in [-0.1, -0.05) is 30.3 Å². The van der Waals surface area contributed by atoms with Crippen LogP contribution in [0, 0.1) is 0 Å². The Balaban J connectivity index is 1.78. The van der Waals surface area contributed by atoms with Crippen LogP contribution in [-0.2, 0) is 11.2 Å². The third-order valence-corrected chi connectivity index (χ3v) is 4.44. The summed E-state index contributed by atoms with van der Waals surface area (Å²) in [6.45, 7) is 4.91. The lowest BCUT2D eigenvalue weighted by molar-refractivity contribution is 0.0412. The highest BCUT2D eigenvalue weighted by Crippen LogP contribution is 2.25. The fourth-order valence-electron chi connectivity index (χ4n) is 3.07. The van der Waals surface area contributed by atoms with E-state index in [0.29, 0.717) is 0 Å². The molecule has 0 amide bonds. The molecule has 0 unspecified atom stereocenters. The molecular weight excluding hydrogens is 260 g/mol. The predicted octanol–water partition coefficient (Wildman–Crippen LogP) is 2.85. The second-order valence-corrected chi connectivity index (χ2v) is 5.76. The summed E-state index contributed by atoms with van der Waals surface area (Å²) >= 11 is 0. The highest BCUT2D eigenvalue weighted by atomic mass is 16.5. The number of morpholine rings is 1. The quantitative estimate of drug-likeness (QED) is 0.692. The molecule has 3 rings (SSSR count). The number of hydrogen-bond acceptors (Lipinski definition) is 2. The number of benzene rings is 2. The Morgan fingerprint density at radius 2 is 1.57 bits per heavy atom. The van der Waals surface area contributed by atoms with Crippen molar-refractivity contribution in [3.8, 4) is 0 Å². The van der Waals surface area contributed by atoms with E-state index in [4.69, 9.17) is 10.5 Å². The molecule has 1 fully saturated rings. The molecule has 3 nitrogen and oxygen atoms in total. The minimum atomic E-state index is 0.831. The first-order chi connectivity index (χ1) is 10.3. The Bertz CT molecular complexity index is 560. The molecule has 21 heavy (non-hydrogen) atoms. The molecule has 1 saturated heterocycles. The first kappa shape index (κ1) is 14.1. The number of hydrogen-bond donors (Lipinski definition) is 1. The van der Waals surface area contributed by atoms with E-state index < -0.39 is 0 Å². The maximum atomic E-state index is 5.76. The summed E-state index contributed by atoms with van der Waals surface area (Å²) in [6.07, 6.45) is 1.06. The molecule has 0 atom stereocenters. The van der Waals surface area contributed by atoms with E-state index in [1.165, 1.54) is 11.3 Å². The Morgan fingerprint density at radius 1 is 0.905 bits per heavy atom. The van der Waals surface area contributed by atoms with Gasteiger partial charge in [0.15, 0.2) is 0 Å². The molecule has 0 saturated carbocycles. The van der Waals surface area contributed by atoms with Crippen molar-refractivity contribution in [3.63, 3.8) is 0 Å². The SMILES string of the molecule is Nc1ccc(CC[N+]2(c3ccccc3)CCOCC2)cc1. The molecule has 0 aromatic heterocycles. The predicted molar refractivity (Wildman–Crippen MR) is 88.2 cm³/mol. The standard InChI is InChI=1S/C18H23N2O/c19-17-8-6-16(7-9-17)10-11-20(12-14-21-15-13-20)18-4-2-1-3-5-18/h1-9H,10-15,19H2/q+1. The molecular formula is C18H23N2O+. The second-order valence-electron chi connectivity index (χ2n) is 5.76. The van der Waals surface area contributed by atoms with Crippen LogP contribution in [0.4, 0.5) is 11.4 Å². The van der Waals surface area contributed by atoms with Gasteiger partial charge in [-0.15, -0.1) is 0 Å². The van der Waals surface area contributed by atoms with Gasteiger partial charge in [-0.25, -0.2) is 0 Å². The zero-order valence-corrected chi connectivity index (χ0v) is 12.4. The summed E-state index contributed by atoms with van der Waals surface area (Å²) < 4.78 is 6.60. The van der Waals surface area contributed by atoms with E-state index in [1.54, 1.807) is 0 Å². The third kappa shape index (κ3) is 3.26. The van der Waals surface area contributed by atoms with Crippen LogP contribution in [0.1, 0.15) is 5.56 Å². The average molecular weight is 283 g/mol. The fraction of sp³-hybridized carbons (Fsp3) is 0.333. The summed E-state index contributed by atoms with van der Waals surface area (Å²) in [4.78, 5) is 0. The Kier molecular flexibility index (Phi) is 4.23. The third-order valence-electron chi connectivity index (χ3n) is 4.44. The van der Waals surface area contributed by atoms with Crippen molar-refractivity contribution >= 4 is 11.4 Å². The molecule has 0 radical (unpaired) electrons. The van der Waals surface area contributed by atoms with E-state index in [2.05, 4.69) is 42.5 Å².